The van der Waals surface area contributed by atoms with Crippen molar-refractivity contribution >= 4 is 11.5 Å². The minimum Gasteiger partial charge on any atom is -0.494 e. The quantitative estimate of drug-likeness (QED) is 0.619. The van der Waals surface area contributed by atoms with Crippen LogP contribution in [0.5, 0.6) is 5.75 Å². The Balaban J connectivity index is 1.89. The summed E-state index contributed by atoms with van der Waals surface area (Å²) in [6.45, 7) is 6.41. The molecule has 1 aliphatic heterocycles. The van der Waals surface area contributed by atoms with Crippen LogP contribution in [0.2, 0.25) is 0 Å². The maximum atomic E-state index is 14.5. The van der Waals surface area contributed by atoms with E-state index in [9.17, 15) is 9.18 Å². The number of nitrogens with two attached hydrogens (primary N) is 1. The molecule has 2 N–H and O–H groups in total. The van der Waals surface area contributed by atoms with E-state index in [-0.39, 0.29) is 23.4 Å². The highest BCUT2D eigenvalue weighted by Crippen LogP contribution is 2.47. The third-order valence-corrected chi connectivity index (χ3v) is 5.72. The average Bonchev–Trinajstić information content (AvgIpc) is 3.02. The molecule has 1 aliphatic carbocycles. The first kappa shape index (κ1) is 18.6. The molecule has 0 spiro atoms. The summed E-state index contributed by atoms with van der Waals surface area (Å²) in [5.41, 5.74) is 7.43. The molecule has 1 heterocycles. The third kappa shape index (κ3) is 3.16. The smallest absolute Gasteiger partial charge is 0.159 e. The first-order valence-electron chi connectivity index (χ1n) is 9.03. The maximum Gasteiger partial charge on any atom is 0.159 e. The molecule has 0 aromatic heterocycles. The normalized spacial score (nSPS) is 26.2. The van der Waals surface area contributed by atoms with Gasteiger partial charge in [0.2, 0.25) is 0 Å². The van der Waals surface area contributed by atoms with Crippen LogP contribution in [0.4, 0.5) is 10.1 Å². The van der Waals surface area contributed by atoms with E-state index in [1.165, 1.54) is 13.2 Å². The number of ether oxygens (including phenoxy) is 2. The zero-order valence-electron chi connectivity index (χ0n) is 15.4. The summed E-state index contributed by atoms with van der Waals surface area (Å²) < 4.78 is 25.7. The number of anilines is 1. The largest absolute Gasteiger partial charge is 0.494 e. The third-order valence-electron chi connectivity index (χ3n) is 5.72. The maximum absolute atomic E-state index is 14.5. The Labute approximate surface area is 153 Å². The van der Waals surface area contributed by atoms with Gasteiger partial charge in [0, 0.05) is 12.0 Å². The summed E-state index contributed by atoms with van der Waals surface area (Å²) in [6.07, 6.45) is 6.01. The minimum absolute atomic E-state index is 0.0129. The number of benzene rings is 1. The molecule has 1 saturated heterocycles. The number of rotatable bonds is 6. The minimum atomic E-state index is -0.511. The first-order valence-corrected chi connectivity index (χ1v) is 9.03. The lowest BCUT2D eigenvalue weighted by molar-refractivity contribution is -0.123. The second-order valence-electron chi connectivity index (χ2n) is 7.28. The Hall–Kier alpha value is -2.14. The lowest BCUT2D eigenvalue weighted by Crippen LogP contribution is -2.44. The second kappa shape index (κ2) is 7.23. The van der Waals surface area contributed by atoms with Crippen molar-refractivity contribution in [2.75, 3.05) is 19.5 Å². The van der Waals surface area contributed by atoms with E-state index < -0.39 is 5.60 Å². The lowest BCUT2D eigenvalue weighted by atomic mass is 9.68. The number of ketones is 1. The standard InChI is InChI=1S/C21H26FNO3/c1-4-5-14-12-21(16(6-7-26-21)10-19(14)24)13(2)8-15-9-18(23)20(25-3)11-17(15)22/h4,9-11,13-14H,1,5-8,12,23H2,2-3H3/t13?,14-,21+/m0/s1. The molecule has 5 heteroatoms. The van der Waals surface area contributed by atoms with Crippen LogP contribution in [-0.2, 0) is 16.0 Å². The van der Waals surface area contributed by atoms with Crippen molar-refractivity contribution in [3.8, 4) is 5.75 Å². The molecular formula is C21H26FNO3. The monoisotopic (exact) mass is 359 g/mol. The molecule has 0 amide bonds. The van der Waals surface area contributed by atoms with Crippen LogP contribution in [0.1, 0.15) is 31.7 Å². The van der Waals surface area contributed by atoms with Crippen molar-refractivity contribution in [3.63, 3.8) is 0 Å². The van der Waals surface area contributed by atoms with Gasteiger partial charge in [-0.05, 0) is 54.9 Å². The molecule has 3 rings (SSSR count). The Morgan fingerprint density at radius 3 is 3.00 bits per heavy atom. The molecule has 1 aromatic carbocycles. The van der Waals surface area contributed by atoms with Gasteiger partial charge in [0.1, 0.15) is 11.6 Å². The van der Waals surface area contributed by atoms with Crippen LogP contribution in [0.15, 0.2) is 36.4 Å². The van der Waals surface area contributed by atoms with Crippen LogP contribution >= 0.6 is 0 Å². The van der Waals surface area contributed by atoms with Gasteiger partial charge in [-0.2, -0.15) is 0 Å². The molecule has 3 atom stereocenters. The van der Waals surface area contributed by atoms with Crippen molar-refractivity contribution in [1.29, 1.82) is 0 Å². The van der Waals surface area contributed by atoms with Gasteiger partial charge in [-0.15, -0.1) is 6.58 Å². The number of allylic oxidation sites excluding steroid dienone is 2. The van der Waals surface area contributed by atoms with E-state index in [4.69, 9.17) is 15.2 Å². The fourth-order valence-corrected chi connectivity index (χ4v) is 4.30. The first-order chi connectivity index (χ1) is 12.4. The van der Waals surface area contributed by atoms with Crippen LogP contribution in [-0.4, -0.2) is 25.1 Å². The van der Waals surface area contributed by atoms with Gasteiger partial charge in [0.25, 0.3) is 0 Å². The molecule has 2 aliphatic rings. The molecule has 4 nitrogen and oxygen atoms in total. The Bertz CT molecular complexity index is 758. The molecule has 0 saturated carbocycles. The number of halogens is 1. The van der Waals surface area contributed by atoms with Crippen LogP contribution in [0, 0.1) is 17.7 Å². The SMILES string of the molecule is C=CC[C@H]1C[C@]2(C(C)Cc3cc(N)c(OC)cc3F)OCCC2=CC1=O. The van der Waals surface area contributed by atoms with Crippen molar-refractivity contribution in [1.82, 2.24) is 0 Å². The van der Waals surface area contributed by atoms with Gasteiger partial charge in [-0.1, -0.05) is 13.0 Å². The van der Waals surface area contributed by atoms with Gasteiger partial charge in [0.15, 0.2) is 5.78 Å². The Morgan fingerprint density at radius 2 is 2.31 bits per heavy atom. The van der Waals surface area contributed by atoms with Gasteiger partial charge in [0.05, 0.1) is 25.0 Å². The van der Waals surface area contributed by atoms with Crippen LogP contribution < -0.4 is 10.5 Å². The highest BCUT2D eigenvalue weighted by atomic mass is 19.1. The van der Waals surface area contributed by atoms with Gasteiger partial charge in [-0.3, -0.25) is 4.79 Å². The summed E-state index contributed by atoms with van der Waals surface area (Å²) in [5.74, 6) is 0.0380. The number of fused-ring (bicyclic) bond motifs is 1. The fraction of sp³-hybridized carbons (Fsp3) is 0.476. The van der Waals surface area contributed by atoms with E-state index in [0.717, 1.165) is 12.0 Å². The summed E-state index contributed by atoms with van der Waals surface area (Å²) in [5, 5.41) is 0. The molecule has 140 valence electrons. The highest BCUT2D eigenvalue weighted by molar-refractivity contribution is 5.94. The lowest BCUT2D eigenvalue weighted by Gasteiger charge is -2.41. The van der Waals surface area contributed by atoms with Gasteiger partial charge < -0.3 is 15.2 Å². The van der Waals surface area contributed by atoms with E-state index >= 15 is 0 Å². The van der Waals surface area contributed by atoms with Crippen molar-refractivity contribution in [2.45, 2.75) is 38.2 Å². The van der Waals surface area contributed by atoms with Gasteiger partial charge >= 0.3 is 0 Å². The number of carbonyl (C=O) groups is 1. The average molecular weight is 359 g/mol. The summed E-state index contributed by atoms with van der Waals surface area (Å²) >= 11 is 0. The molecule has 26 heavy (non-hydrogen) atoms. The number of hydrogen-bond acceptors (Lipinski definition) is 4. The fourth-order valence-electron chi connectivity index (χ4n) is 4.30. The predicted octanol–water partition coefficient (Wildman–Crippen LogP) is 3.85. The molecule has 0 radical (unpaired) electrons. The molecule has 0 bridgehead atoms. The Morgan fingerprint density at radius 1 is 1.54 bits per heavy atom. The number of nitrogen functional groups attached to an aromatic ring is 1. The molecular weight excluding hydrogens is 333 g/mol. The van der Waals surface area contributed by atoms with E-state index in [1.807, 2.05) is 0 Å². The highest BCUT2D eigenvalue weighted by Gasteiger charge is 2.49. The van der Waals surface area contributed by atoms with Crippen molar-refractivity contribution < 1.29 is 18.7 Å². The summed E-state index contributed by atoms with van der Waals surface area (Å²) in [6, 6.07) is 2.96. The number of carbonyl (C=O) groups excluding carboxylic acids is 1. The zero-order valence-corrected chi connectivity index (χ0v) is 15.4. The number of hydrogen-bond donors (Lipinski definition) is 1. The zero-order chi connectivity index (χ0) is 18.9. The van der Waals surface area contributed by atoms with Crippen LogP contribution in [0.3, 0.4) is 0 Å². The van der Waals surface area contributed by atoms with E-state index in [2.05, 4.69) is 13.5 Å². The molecule has 1 fully saturated rings. The van der Waals surface area contributed by atoms with E-state index in [0.29, 0.717) is 42.9 Å². The van der Waals surface area contributed by atoms with E-state index in [1.54, 1.807) is 18.2 Å². The predicted molar refractivity (Wildman–Crippen MR) is 99.5 cm³/mol. The van der Waals surface area contributed by atoms with Crippen molar-refractivity contribution in [2.24, 2.45) is 11.8 Å². The van der Waals surface area contributed by atoms with Crippen LogP contribution in [0.25, 0.3) is 0 Å². The Kier molecular flexibility index (Phi) is 5.19. The van der Waals surface area contributed by atoms with Crippen molar-refractivity contribution in [3.05, 3.63) is 47.8 Å². The molecule has 1 aromatic rings. The van der Waals surface area contributed by atoms with Gasteiger partial charge in [-0.25, -0.2) is 4.39 Å². The summed E-state index contributed by atoms with van der Waals surface area (Å²) in [4.78, 5) is 12.3. The second-order valence-corrected chi connectivity index (χ2v) is 7.28. The number of methoxy groups -OCH3 is 1. The summed E-state index contributed by atoms with van der Waals surface area (Å²) in [7, 11) is 1.47. The molecule has 1 unspecified atom stereocenters. The topological polar surface area (TPSA) is 61.6 Å².